The molecule has 0 aliphatic heterocycles. The van der Waals surface area contributed by atoms with Crippen molar-refractivity contribution in [3.05, 3.63) is 84.4 Å². The van der Waals surface area contributed by atoms with Crippen molar-refractivity contribution in [2.45, 2.75) is 11.3 Å². The Hall–Kier alpha value is -3.03. The van der Waals surface area contributed by atoms with Gasteiger partial charge in [0.25, 0.3) is 10.0 Å². The fourth-order valence-corrected chi connectivity index (χ4v) is 3.89. The SMILES string of the molecule is COc1ccc(N(OCCc2ccc(O)cc2)S(=O)(=O)c2ccccc2)cc1. The monoisotopic (exact) mass is 399 g/mol. The van der Waals surface area contributed by atoms with Crippen molar-refractivity contribution in [1.82, 2.24) is 0 Å². The van der Waals surface area contributed by atoms with Crippen molar-refractivity contribution < 1.29 is 23.1 Å². The van der Waals surface area contributed by atoms with Crippen LogP contribution in [0, 0.1) is 0 Å². The average molecular weight is 399 g/mol. The van der Waals surface area contributed by atoms with E-state index in [9.17, 15) is 13.5 Å². The number of anilines is 1. The number of rotatable bonds is 8. The van der Waals surface area contributed by atoms with E-state index in [0.717, 1.165) is 10.0 Å². The van der Waals surface area contributed by atoms with Crippen LogP contribution < -0.4 is 9.21 Å². The molecule has 0 amide bonds. The Bertz CT molecular complexity index is 987. The van der Waals surface area contributed by atoms with Crippen molar-refractivity contribution in [3.63, 3.8) is 0 Å². The van der Waals surface area contributed by atoms with Crippen LogP contribution in [0.2, 0.25) is 0 Å². The van der Waals surface area contributed by atoms with Gasteiger partial charge in [-0.1, -0.05) is 30.3 Å². The van der Waals surface area contributed by atoms with E-state index in [0.29, 0.717) is 17.9 Å². The molecule has 0 aliphatic carbocycles. The number of nitrogens with zero attached hydrogens (tertiary/aromatic N) is 1. The van der Waals surface area contributed by atoms with E-state index in [1.807, 2.05) is 0 Å². The predicted molar refractivity (Wildman–Crippen MR) is 107 cm³/mol. The third-order valence-electron chi connectivity index (χ3n) is 4.08. The smallest absolute Gasteiger partial charge is 0.286 e. The van der Waals surface area contributed by atoms with Gasteiger partial charge in [0.1, 0.15) is 11.5 Å². The highest BCUT2D eigenvalue weighted by molar-refractivity contribution is 7.92. The van der Waals surface area contributed by atoms with Gasteiger partial charge in [0.15, 0.2) is 0 Å². The highest BCUT2D eigenvalue weighted by Crippen LogP contribution is 2.26. The van der Waals surface area contributed by atoms with Gasteiger partial charge in [-0.15, -0.1) is 4.47 Å². The van der Waals surface area contributed by atoms with Crippen LogP contribution in [0.3, 0.4) is 0 Å². The molecule has 0 saturated carbocycles. The quantitative estimate of drug-likeness (QED) is 0.584. The summed E-state index contributed by atoms with van der Waals surface area (Å²) in [5, 5.41) is 9.37. The predicted octanol–water partition coefficient (Wildman–Crippen LogP) is 3.77. The topological polar surface area (TPSA) is 76.1 Å². The van der Waals surface area contributed by atoms with Gasteiger partial charge in [-0.05, 0) is 60.5 Å². The van der Waals surface area contributed by atoms with E-state index in [1.165, 1.54) is 12.1 Å². The Morgan fingerprint density at radius 2 is 1.54 bits per heavy atom. The zero-order valence-electron chi connectivity index (χ0n) is 15.4. The van der Waals surface area contributed by atoms with Gasteiger partial charge in [0.05, 0.1) is 24.3 Å². The lowest BCUT2D eigenvalue weighted by Gasteiger charge is -2.23. The molecule has 3 aromatic carbocycles. The van der Waals surface area contributed by atoms with Gasteiger partial charge in [-0.25, -0.2) is 0 Å². The molecule has 6 nitrogen and oxygen atoms in total. The lowest BCUT2D eigenvalue weighted by atomic mass is 10.1. The molecule has 146 valence electrons. The second kappa shape index (κ2) is 8.77. The van der Waals surface area contributed by atoms with Crippen molar-refractivity contribution in [3.8, 4) is 11.5 Å². The van der Waals surface area contributed by atoms with Crippen molar-refractivity contribution in [2.75, 3.05) is 18.2 Å². The van der Waals surface area contributed by atoms with Crippen molar-refractivity contribution >= 4 is 15.7 Å². The van der Waals surface area contributed by atoms with E-state index < -0.39 is 10.0 Å². The highest BCUT2D eigenvalue weighted by Gasteiger charge is 2.26. The van der Waals surface area contributed by atoms with Gasteiger partial charge >= 0.3 is 0 Å². The van der Waals surface area contributed by atoms with Gasteiger partial charge < -0.3 is 9.84 Å². The van der Waals surface area contributed by atoms with Crippen LogP contribution in [-0.4, -0.2) is 27.2 Å². The fraction of sp³-hybridized carbons (Fsp3) is 0.143. The molecule has 0 spiro atoms. The van der Waals surface area contributed by atoms with Crippen LogP contribution in [-0.2, 0) is 21.3 Å². The molecular weight excluding hydrogens is 378 g/mol. The van der Waals surface area contributed by atoms with E-state index in [-0.39, 0.29) is 17.3 Å². The summed E-state index contributed by atoms with van der Waals surface area (Å²) in [4.78, 5) is 5.83. The normalized spacial score (nSPS) is 11.2. The number of sulfonamides is 1. The van der Waals surface area contributed by atoms with E-state index in [1.54, 1.807) is 73.8 Å². The summed E-state index contributed by atoms with van der Waals surface area (Å²) in [5.41, 5.74) is 1.29. The molecule has 0 fully saturated rings. The van der Waals surface area contributed by atoms with Gasteiger partial charge in [-0.3, -0.25) is 4.84 Å². The van der Waals surface area contributed by atoms with Crippen molar-refractivity contribution in [2.24, 2.45) is 0 Å². The summed E-state index contributed by atoms with van der Waals surface area (Å²) in [5.74, 6) is 0.793. The zero-order valence-corrected chi connectivity index (χ0v) is 16.2. The molecule has 0 unspecified atom stereocenters. The molecule has 3 aromatic rings. The molecule has 0 saturated heterocycles. The minimum atomic E-state index is -3.90. The number of ether oxygens (including phenoxy) is 1. The fourth-order valence-electron chi connectivity index (χ4n) is 2.58. The summed E-state index contributed by atoms with van der Waals surface area (Å²) in [6.07, 6.45) is 0.483. The van der Waals surface area contributed by atoms with Crippen LogP contribution in [0.1, 0.15) is 5.56 Å². The maximum Gasteiger partial charge on any atom is 0.286 e. The third kappa shape index (κ3) is 4.62. The minimum Gasteiger partial charge on any atom is -0.508 e. The molecule has 7 heteroatoms. The molecule has 0 heterocycles. The number of methoxy groups -OCH3 is 1. The standard InChI is InChI=1S/C21H21NO5S/c1-26-20-13-9-18(10-14-20)22(28(24,25)21-5-3-2-4-6-21)27-16-15-17-7-11-19(23)12-8-17/h2-14,23H,15-16H2,1H3. The molecular formula is C21H21NO5S. The largest absolute Gasteiger partial charge is 0.508 e. The van der Waals surface area contributed by atoms with Gasteiger partial charge in [0.2, 0.25) is 0 Å². The second-order valence-electron chi connectivity index (χ2n) is 5.99. The van der Waals surface area contributed by atoms with E-state index in [2.05, 4.69) is 0 Å². The molecule has 0 radical (unpaired) electrons. The number of phenolic OH excluding ortho intramolecular Hbond substituents is 1. The minimum absolute atomic E-state index is 0.135. The first-order valence-electron chi connectivity index (χ1n) is 8.66. The van der Waals surface area contributed by atoms with E-state index in [4.69, 9.17) is 9.57 Å². The van der Waals surface area contributed by atoms with Gasteiger partial charge in [0, 0.05) is 0 Å². The molecule has 0 aromatic heterocycles. The van der Waals surface area contributed by atoms with Crippen LogP contribution in [0.25, 0.3) is 0 Å². The first-order valence-corrected chi connectivity index (χ1v) is 10.1. The molecule has 1 N–H and O–H groups in total. The molecule has 0 atom stereocenters. The number of aromatic hydroxyl groups is 1. The van der Waals surface area contributed by atoms with E-state index >= 15 is 0 Å². The van der Waals surface area contributed by atoms with Gasteiger partial charge in [-0.2, -0.15) is 8.42 Å². The lowest BCUT2D eigenvalue weighted by molar-refractivity contribution is 0.152. The Kier molecular flexibility index (Phi) is 6.18. The van der Waals surface area contributed by atoms with Crippen LogP contribution in [0.15, 0.2) is 83.8 Å². The van der Waals surface area contributed by atoms with Crippen LogP contribution in [0.4, 0.5) is 5.69 Å². The first kappa shape index (κ1) is 19.7. The van der Waals surface area contributed by atoms with Crippen LogP contribution in [0.5, 0.6) is 11.5 Å². The summed E-state index contributed by atoms with van der Waals surface area (Å²) in [7, 11) is -2.36. The molecule has 0 aliphatic rings. The Morgan fingerprint density at radius 3 is 2.14 bits per heavy atom. The molecule has 3 rings (SSSR count). The maximum absolute atomic E-state index is 13.1. The maximum atomic E-state index is 13.1. The van der Waals surface area contributed by atoms with Crippen LogP contribution >= 0.6 is 0 Å². The summed E-state index contributed by atoms with van der Waals surface area (Å²) in [6.45, 7) is 0.142. The molecule has 0 bridgehead atoms. The first-order chi connectivity index (χ1) is 13.5. The Labute approximate surface area is 164 Å². The summed E-state index contributed by atoms with van der Waals surface area (Å²) in [6, 6.07) is 21.4. The number of hydrogen-bond donors (Lipinski definition) is 1. The Morgan fingerprint density at radius 1 is 0.893 bits per heavy atom. The summed E-state index contributed by atoms with van der Waals surface area (Å²) < 4.78 is 32.3. The number of benzene rings is 3. The zero-order chi connectivity index (χ0) is 20.0. The number of hydrogen-bond acceptors (Lipinski definition) is 5. The third-order valence-corrected chi connectivity index (χ3v) is 5.70. The Balaban J connectivity index is 1.84. The second-order valence-corrected chi connectivity index (χ2v) is 7.75. The highest BCUT2D eigenvalue weighted by atomic mass is 32.2. The summed E-state index contributed by atoms with van der Waals surface area (Å²) >= 11 is 0. The van der Waals surface area contributed by atoms with Crippen molar-refractivity contribution in [1.29, 1.82) is 0 Å². The molecule has 28 heavy (non-hydrogen) atoms. The lowest BCUT2D eigenvalue weighted by Crippen LogP contribution is -2.32. The number of phenols is 1. The average Bonchev–Trinajstić information content (AvgIpc) is 2.73.